The topological polar surface area (TPSA) is 71.9 Å². The van der Waals surface area contributed by atoms with Gasteiger partial charge in [-0.1, -0.05) is 23.7 Å². The van der Waals surface area contributed by atoms with Crippen LogP contribution in [0.2, 0.25) is 5.02 Å². The lowest BCUT2D eigenvalue weighted by atomic mass is 9.96. The van der Waals surface area contributed by atoms with Gasteiger partial charge in [0, 0.05) is 43.3 Å². The van der Waals surface area contributed by atoms with Crippen molar-refractivity contribution in [2.75, 3.05) is 50.6 Å². The molecule has 202 valence electrons. The molecule has 0 bridgehead atoms. The number of alkyl halides is 3. The monoisotopic (exact) mass is 549 g/mol. The van der Waals surface area contributed by atoms with Gasteiger partial charge in [0.1, 0.15) is 11.4 Å². The van der Waals surface area contributed by atoms with Gasteiger partial charge in [0.2, 0.25) is 0 Å². The SMILES string of the molecule is COc1ccc([C@H]2C[C@H](C(F)(F)F)n3ncc(C(=O)N4CCN(c5cccc(Cl)c5)CC4)c3N2)cc1OC. The number of hydrogen-bond acceptors (Lipinski definition) is 6. The van der Waals surface area contributed by atoms with E-state index in [1.807, 2.05) is 18.2 Å². The quantitative estimate of drug-likeness (QED) is 0.473. The molecule has 5 rings (SSSR count). The number of fused-ring (bicyclic) bond motifs is 1. The van der Waals surface area contributed by atoms with Crippen LogP contribution in [0.4, 0.5) is 24.7 Å². The third-order valence-electron chi connectivity index (χ3n) is 7.02. The molecule has 3 aromatic rings. The predicted molar refractivity (Wildman–Crippen MR) is 137 cm³/mol. The van der Waals surface area contributed by atoms with Gasteiger partial charge < -0.3 is 24.6 Å². The molecule has 2 aliphatic rings. The standard InChI is InChI=1S/C26H27ClF3N5O3/c1-37-21-7-6-16(12-22(21)38-2)20-14-23(26(28,29)30)35-24(32-20)19(15-31-35)25(36)34-10-8-33(9-11-34)18-5-3-4-17(27)13-18/h3-7,12-13,15,20,23,32H,8-11,14H2,1-2H3/t20-,23-/m1/s1. The van der Waals surface area contributed by atoms with Crippen LogP contribution in [0.1, 0.15) is 34.4 Å². The maximum absolute atomic E-state index is 14.1. The normalized spacial score (nSPS) is 19.5. The Bertz CT molecular complexity index is 1320. The summed E-state index contributed by atoms with van der Waals surface area (Å²) in [7, 11) is 2.95. The van der Waals surface area contributed by atoms with Gasteiger partial charge in [-0.25, -0.2) is 4.68 Å². The average molecular weight is 550 g/mol. The molecule has 1 amide bonds. The Morgan fingerprint density at radius 2 is 1.79 bits per heavy atom. The number of aromatic nitrogens is 2. The van der Waals surface area contributed by atoms with Gasteiger partial charge >= 0.3 is 6.18 Å². The number of hydrogen-bond donors (Lipinski definition) is 1. The van der Waals surface area contributed by atoms with Crippen LogP contribution >= 0.6 is 11.6 Å². The van der Waals surface area contributed by atoms with Gasteiger partial charge in [0.05, 0.1) is 26.5 Å². The molecule has 1 aromatic heterocycles. The fourth-order valence-electron chi connectivity index (χ4n) is 5.02. The van der Waals surface area contributed by atoms with Gasteiger partial charge in [-0.15, -0.1) is 0 Å². The molecule has 8 nitrogen and oxygen atoms in total. The molecule has 0 unspecified atom stereocenters. The number of carbonyl (C=O) groups excluding carboxylic acids is 1. The summed E-state index contributed by atoms with van der Waals surface area (Å²) in [4.78, 5) is 17.3. The van der Waals surface area contributed by atoms with Crippen molar-refractivity contribution in [3.05, 3.63) is 64.8 Å². The molecule has 2 aromatic carbocycles. The van der Waals surface area contributed by atoms with Crippen molar-refractivity contribution >= 4 is 29.0 Å². The van der Waals surface area contributed by atoms with Crippen molar-refractivity contribution in [1.29, 1.82) is 0 Å². The molecular formula is C26H27ClF3N5O3. The molecule has 38 heavy (non-hydrogen) atoms. The maximum atomic E-state index is 14.1. The summed E-state index contributed by atoms with van der Waals surface area (Å²) in [5.74, 6) is 0.569. The number of nitrogens with zero attached hydrogens (tertiary/aromatic N) is 4. The number of anilines is 2. The van der Waals surface area contributed by atoms with Gasteiger partial charge in [-0.3, -0.25) is 4.79 Å². The van der Waals surface area contributed by atoms with Crippen LogP contribution in [0.25, 0.3) is 0 Å². The minimum Gasteiger partial charge on any atom is -0.493 e. The highest BCUT2D eigenvalue weighted by atomic mass is 35.5. The number of piperazine rings is 1. The summed E-state index contributed by atoms with van der Waals surface area (Å²) in [6.45, 7) is 1.97. The lowest BCUT2D eigenvalue weighted by Crippen LogP contribution is -2.49. The molecule has 2 atom stereocenters. The third-order valence-corrected chi connectivity index (χ3v) is 7.25. The maximum Gasteiger partial charge on any atom is 0.410 e. The smallest absolute Gasteiger partial charge is 0.410 e. The van der Waals surface area contributed by atoms with E-state index in [2.05, 4.69) is 15.3 Å². The summed E-state index contributed by atoms with van der Waals surface area (Å²) in [5, 5.41) is 7.77. The van der Waals surface area contributed by atoms with E-state index in [1.165, 1.54) is 20.4 Å². The van der Waals surface area contributed by atoms with E-state index in [4.69, 9.17) is 21.1 Å². The molecule has 0 saturated carbocycles. The lowest BCUT2D eigenvalue weighted by molar-refractivity contribution is -0.173. The van der Waals surface area contributed by atoms with Crippen LogP contribution in [0, 0.1) is 0 Å². The van der Waals surface area contributed by atoms with Crippen LogP contribution in [-0.4, -0.2) is 67.2 Å². The van der Waals surface area contributed by atoms with Crippen LogP contribution in [-0.2, 0) is 0 Å². The number of rotatable bonds is 5. The highest BCUT2D eigenvalue weighted by molar-refractivity contribution is 6.30. The molecule has 1 saturated heterocycles. The Hall–Kier alpha value is -3.60. The second-order valence-electron chi connectivity index (χ2n) is 9.21. The minimum atomic E-state index is -4.55. The predicted octanol–water partition coefficient (Wildman–Crippen LogP) is 5.18. The summed E-state index contributed by atoms with van der Waals surface area (Å²) >= 11 is 6.11. The zero-order valence-electron chi connectivity index (χ0n) is 20.8. The van der Waals surface area contributed by atoms with Crippen LogP contribution in [0.3, 0.4) is 0 Å². The minimum absolute atomic E-state index is 0.0561. The number of nitrogens with one attached hydrogen (secondary N) is 1. The number of amides is 1. The van der Waals surface area contributed by atoms with Crippen molar-refractivity contribution in [3.8, 4) is 11.5 Å². The molecule has 0 spiro atoms. The first-order valence-electron chi connectivity index (χ1n) is 12.1. The summed E-state index contributed by atoms with van der Waals surface area (Å²) in [6.07, 6.45) is -3.62. The zero-order valence-corrected chi connectivity index (χ0v) is 21.6. The van der Waals surface area contributed by atoms with E-state index < -0.39 is 18.3 Å². The molecule has 0 aliphatic carbocycles. The van der Waals surface area contributed by atoms with Crippen molar-refractivity contribution in [2.45, 2.75) is 24.7 Å². The third kappa shape index (κ3) is 4.94. The van der Waals surface area contributed by atoms with Crippen molar-refractivity contribution < 1.29 is 27.4 Å². The Kier molecular flexibility index (Phi) is 7.04. The molecule has 1 N–H and O–H groups in total. The summed E-state index contributed by atoms with van der Waals surface area (Å²) in [6, 6.07) is 9.85. The summed E-state index contributed by atoms with van der Waals surface area (Å²) < 4.78 is 53.9. The van der Waals surface area contributed by atoms with Crippen molar-refractivity contribution in [2.24, 2.45) is 0 Å². The van der Waals surface area contributed by atoms with E-state index in [1.54, 1.807) is 29.2 Å². The second kappa shape index (κ2) is 10.3. The molecule has 2 aliphatic heterocycles. The number of carbonyl (C=O) groups is 1. The van der Waals surface area contributed by atoms with Gasteiger partial charge in [0.15, 0.2) is 17.5 Å². The summed E-state index contributed by atoms with van der Waals surface area (Å²) in [5.41, 5.74) is 1.65. The van der Waals surface area contributed by atoms with E-state index in [-0.39, 0.29) is 23.7 Å². The van der Waals surface area contributed by atoms with Crippen molar-refractivity contribution in [3.63, 3.8) is 0 Å². The number of benzene rings is 2. The van der Waals surface area contributed by atoms with E-state index in [9.17, 15) is 18.0 Å². The Morgan fingerprint density at radius 3 is 2.45 bits per heavy atom. The molecular weight excluding hydrogens is 523 g/mol. The van der Waals surface area contributed by atoms with Gasteiger partial charge in [-0.2, -0.15) is 18.3 Å². The number of methoxy groups -OCH3 is 2. The first-order chi connectivity index (χ1) is 18.2. The number of ether oxygens (including phenoxy) is 2. The first-order valence-corrected chi connectivity index (χ1v) is 12.5. The highest BCUT2D eigenvalue weighted by Gasteiger charge is 2.47. The van der Waals surface area contributed by atoms with Crippen LogP contribution in [0.15, 0.2) is 48.7 Å². The second-order valence-corrected chi connectivity index (χ2v) is 9.65. The van der Waals surface area contributed by atoms with Gasteiger partial charge in [0.25, 0.3) is 5.91 Å². The van der Waals surface area contributed by atoms with Crippen LogP contribution < -0.4 is 19.7 Å². The molecule has 0 radical (unpaired) electrons. The number of halogens is 4. The van der Waals surface area contributed by atoms with E-state index >= 15 is 0 Å². The molecule has 12 heteroatoms. The fourth-order valence-corrected chi connectivity index (χ4v) is 5.20. The highest BCUT2D eigenvalue weighted by Crippen LogP contribution is 2.45. The largest absolute Gasteiger partial charge is 0.493 e. The van der Waals surface area contributed by atoms with E-state index in [0.29, 0.717) is 48.3 Å². The Labute approximate surface area is 222 Å². The van der Waals surface area contributed by atoms with Gasteiger partial charge in [-0.05, 0) is 35.9 Å². The molecule has 1 fully saturated rings. The lowest BCUT2D eigenvalue weighted by Gasteiger charge is -2.37. The fraction of sp³-hybridized carbons (Fsp3) is 0.385. The first kappa shape index (κ1) is 26.0. The Morgan fingerprint density at radius 1 is 1.05 bits per heavy atom. The Balaban J connectivity index is 1.39. The molecule has 3 heterocycles. The average Bonchev–Trinajstić information content (AvgIpc) is 3.35. The van der Waals surface area contributed by atoms with Crippen LogP contribution in [0.5, 0.6) is 11.5 Å². The zero-order chi connectivity index (χ0) is 27.0. The van der Waals surface area contributed by atoms with Crippen molar-refractivity contribution in [1.82, 2.24) is 14.7 Å². The van der Waals surface area contributed by atoms with E-state index in [0.717, 1.165) is 10.4 Å².